The van der Waals surface area contributed by atoms with Gasteiger partial charge in [0.25, 0.3) is 0 Å². The van der Waals surface area contributed by atoms with Crippen LogP contribution in [-0.4, -0.2) is 74.4 Å². The van der Waals surface area contributed by atoms with Crippen LogP contribution in [0.25, 0.3) is 5.65 Å². The first kappa shape index (κ1) is 28.5. The van der Waals surface area contributed by atoms with Gasteiger partial charge in [-0.2, -0.15) is 18.3 Å². The summed E-state index contributed by atoms with van der Waals surface area (Å²) in [6.45, 7) is 6.49. The normalized spacial score (nSPS) is 14.1. The van der Waals surface area contributed by atoms with Gasteiger partial charge in [-0.05, 0) is 49.1 Å². The number of piperazine rings is 1. The standard InChI is InChI=1S/C13H17F3N2.C6H5N3S.C4H4O4/c1-2-17-6-8-18(9-7-17)12-5-3-4-11(10-12)13(14,15)16;10-6-8-7-5-3-1-2-4-9(5)6;5-3(6)1-2-4(7)8/h3-5,10H,2,6-9H2,1H3;1-4H,(H,8,10);1-2H,(H,5,6)(H,7,8). The summed E-state index contributed by atoms with van der Waals surface area (Å²) in [4.78, 5) is 23.4. The molecule has 1 saturated heterocycles. The molecule has 1 fully saturated rings. The van der Waals surface area contributed by atoms with Gasteiger partial charge in [-0.1, -0.05) is 19.1 Å². The first-order chi connectivity index (χ1) is 17.0. The van der Waals surface area contributed by atoms with E-state index in [0.717, 1.165) is 44.4 Å². The fraction of sp³-hybridized carbons (Fsp3) is 0.304. The van der Waals surface area contributed by atoms with Gasteiger partial charge in [0.15, 0.2) is 10.4 Å². The Labute approximate surface area is 210 Å². The molecule has 0 radical (unpaired) electrons. The number of nitrogens with zero attached hydrogens (tertiary/aromatic N) is 4. The second-order valence-electron chi connectivity index (χ2n) is 7.44. The van der Waals surface area contributed by atoms with Crippen LogP contribution in [0.15, 0.2) is 60.8 Å². The molecule has 2 aromatic heterocycles. The quantitative estimate of drug-likeness (QED) is 0.347. The van der Waals surface area contributed by atoms with Crippen LogP contribution in [0.2, 0.25) is 0 Å². The Morgan fingerprint density at radius 2 is 1.69 bits per heavy atom. The lowest BCUT2D eigenvalue weighted by Gasteiger charge is -2.35. The molecule has 0 amide bonds. The molecule has 0 spiro atoms. The van der Waals surface area contributed by atoms with Crippen LogP contribution in [-0.2, 0) is 15.8 Å². The number of pyridine rings is 1. The van der Waals surface area contributed by atoms with Crippen molar-refractivity contribution in [3.8, 4) is 0 Å². The van der Waals surface area contributed by atoms with E-state index in [9.17, 15) is 22.8 Å². The monoisotopic (exact) mass is 525 g/mol. The van der Waals surface area contributed by atoms with Crippen molar-refractivity contribution < 1.29 is 33.0 Å². The van der Waals surface area contributed by atoms with Gasteiger partial charge in [0.05, 0.1) is 5.56 Å². The van der Waals surface area contributed by atoms with Gasteiger partial charge in [-0.15, -0.1) is 0 Å². The summed E-state index contributed by atoms with van der Waals surface area (Å²) >= 11 is 4.93. The first-order valence-electron chi connectivity index (χ1n) is 10.8. The Hall–Kier alpha value is -3.71. The van der Waals surface area contributed by atoms with Crippen LogP contribution >= 0.6 is 12.2 Å². The molecule has 3 N–H and O–H groups in total. The third-order valence-electron chi connectivity index (χ3n) is 5.05. The maximum absolute atomic E-state index is 12.6. The van der Waals surface area contributed by atoms with Crippen LogP contribution in [0, 0.1) is 4.77 Å². The highest BCUT2D eigenvalue weighted by molar-refractivity contribution is 7.71. The van der Waals surface area contributed by atoms with Crippen molar-refractivity contribution in [1.82, 2.24) is 19.5 Å². The Morgan fingerprint density at radius 3 is 2.22 bits per heavy atom. The number of aromatic amines is 1. The zero-order chi connectivity index (χ0) is 26.7. The third kappa shape index (κ3) is 9.15. The smallest absolute Gasteiger partial charge is 0.416 e. The van der Waals surface area contributed by atoms with Gasteiger partial charge in [0.2, 0.25) is 0 Å². The van der Waals surface area contributed by atoms with Gasteiger partial charge in [-0.25, -0.2) is 9.59 Å². The van der Waals surface area contributed by atoms with Crippen LogP contribution in [0.5, 0.6) is 0 Å². The van der Waals surface area contributed by atoms with E-state index >= 15 is 0 Å². The van der Waals surface area contributed by atoms with Crippen molar-refractivity contribution in [1.29, 1.82) is 0 Å². The molecule has 0 aliphatic carbocycles. The number of H-pyrrole nitrogens is 1. The summed E-state index contributed by atoms with van der Waals surface area (Å²) in [5.74, 6) is -2.51. The Kier molecular flexibility index (Phi) is 10.6. The lowest BCUT2D eigenvalue weighted by atomic mass is 10.1. The lowest BCUT2D eigenvalue weighted by Crippen LogP contribution is -2.46. The maximum Gasteiger partial charge on any atom is 0.416 e. The number of nitrogens with one attached hydrogen (secondary N) is 1. The molecule has 36 heavy (non-hydrogen) atoms. The number of benzene rings is 1. The number of aliphatic carboxylic acids is 2. The Balaban J connectivity index is 0.000000213. The molecule has 1 aromatic carbocycles. The first-order valence-corrected chi connectivity index (χ1v) is 11.2. The third-order valence-corrected chi connectivity index (χ3v) is 5.34. The highest BCUT2D eigenvalue weighted by Crippen LogP contribution is 2.31. The second kappa shape index (κ2) is 13.4. The molecule has 3 heterocycles. The number of alkyl halides is 3. The highest BCUT2D eigenvalue weighted by atomic mass is 32.1. The van der Waals surface area contributed by atoms with Gasteiger partial charge >= 0.3 is 18.1 Å². The van der Waals surface area contributed by atoms with Crippen LogP contribution in [0.4, 0.5) is 18.9 Å². The number of rotatable bonds is 4. The summed E-state index contributed by atoms with van der Waals surface area (Å²) in [5.41, 5.74) is 0.950. The summed E-state index contributed by atoms with van der Waals surface area (Å²) in [7, 11) is 0. The summed E-state index contributed by atoms with van der Waals surface area (Å²) in [6, 6.07) is 11.3. The molecule has 13 heteroatoms. The fourth-order valence-corrected chi connectivity index (χ4v) is 3.40. The Bertz CT molecular complexity index is 1220. The molecule has 0 unspecified atom stereocenters. The number of hydrogen-bond donors (Lipinski definition) is 3. The van der Waals surface area contributed by atoms with Crippen LogP contribution in [0.1, 0.15) is 12.5 Å². The van der Waals surface area contributed by atoms with Crippen molar-refractivity contribution in [3.05, 3.63) is 71.1 Å². The van der Waals surface area contributed by atoms with Crippen molar-refractivity contribution >= 4 is 35.5 Å². The summed E-state index contributed by atoms with van der Waals surface area (Å²) in [5, 5.41) is 22.3. The molecule has 0 saturated carbocycles. The molecule has 4 rings (SSSR count). The van der Waals surface area contributed by atoms with Gasteiger partial charge in [0, 0.05) is 50.2 Å². The minimum absolute atomic E-state index is 0.558. The number of carboxylic acid groups (broad SMARTS) is 2. The molecule has 0 bridgehead atoms. The van der Waals surface area contributed by atoms with E-state index in [1.807, 2.05) is 33.7 Å². The molecule has 3 aromatic rings. The lowest BCUT2D eigenvalue weighted by molar-refractivity contribution is -0.137. The molecule has 194 valence electrons. The van der Waals surface area contributed by atoms with Crippen molar-refractivity contribution in [3.63, 3.8) is 0 Å². The van der Waals surface area contributed by atoms with Gasteiger partial charge < -0.3 is 20.0 Å². The highest BCUT2D eigenvalue weighted by Gasteiger charge is 2.31. The van der Waals surface area contributed by atoms with E-state index in [4.69, 9.17) is 22.4 Å². The number of fused-ring (bicyclic) bond motifs is 1. The zero-order valence-electron chi connectivity index (χ0n) is 19.4. The van der Waals surface area contributed by atoms with Crippen molar-refractivity contribution in [2.45, 2.75) is 13.1 Å². The van der Waals surface area contributed by atoms with Gasteiger partial charge in [-0.3, -0.25) is 9.50 Å². The Morgan fingerprint density at radius 1 is 1.06 bits per heavy atom. The minimum atomic E-state index is -4.26. The van der Waals surface area contributed by atoms with E-state index in [1.165, 1.54) is 12.1 Å². The van der Waals surface area contributed by atoms with E-state index < -0.39 is 23.7 Å². The fourth-order valence-electron chi connectivity index (χ4n) is 3.20. The number of halogens is 3. The maximum atomic E-state index is 12.6. The molecule has 1 aliphatic heterocycles. The number of hydrogen-bond acceptors (Lipinski definition) is 6. The van der Waals surface area contributed by atoms with E-state index in [1.54, 1.807) is 6.07 Å². The van der Waals surface area contributed by atoms with Gasteiger partial charge in [0.1, 0.15) is 0 Å². The number of aromatic nitrogens is 3. The summed E-state index contributed by atoms with van der Waals surface area (Å²) < 4.78 is 40.3. The molecular weight excluding hydrogens is 499 g/mol. The number of anilines is 1. The minimum Gasteiger partial charge on any atom is -0.478 e. The van der Waals surface area contributed by atoms with E-state index in [2.05, 4.69) is 22.0 Å². The zero-order valence-corrected chi connectivity index (χ0v) is 20.2. The average Bonchev–Trinajstić information content (AvgIpc) is 3.24. The molecular formula is C23H26F3N5O4S. The van der Waals surface area contributed by atoms with E-state index in [0.29, 0.717) is 22.6 Å². The SMILES string of the molecule is CCN1CCN(c2cccc(C(F)(F)F)c2)CC1.O=C(O)C=CC(=O)O.S=c1[nH]nc2ccccn12. The van der Waals surface area contributed by atoms with Crippen LogP contribution < -0.4 is 4.90 Å². The molecule has 1 aliphatic rings. The molecule has 9 nitrogen and oxygen atoms in total. The molecule has 0 atom stereocenters. The number of carbonyl (C=O) groups is 2. The predicted molar refractivity (Wildman–Crippen MR) is 131 cm³/mol. The van der Waals surface area contributed by atoms with Crippen molar-refractivity contribution in [2.75, 3.05) is 37.6 Å². The van der Waals surface area contributed by atoms with Crippen molar-refractivity contribution in [2.24, 2.45) is 0 Å². The largest absolute Gasteiger partial charge is 0.478 e. The number of carboxylic acids is 2. The average molecular weight is 526 g/mol. The second-order valence-corrected chi connectivity index (χ2v) is 7.82. The predicted octanol–water partition coefficient (Wildman–Crippen LogP) is 3.95. The summed E-state index contributed by atoms with van der Waals surface area (Å²) in [6.07, 6.45) is -1.27. The topological polar surface area (TPSA) is 114 Å². The number of likely N-dealkylation sites (N-methyl/N-ethyl adjacent to an activating group) is 1. The van der Waals surface area contributed by atoms with E-state index in [-0.39, 0.29) is 0 Å². The van der Waals surface area contributed by atoms with Crippen LogP contribution in [0.3, 0.4) is 0 Å².